The van der Waals surface area contributed by atoms with E-state index in [9.17, 15) is 15.0 Å². The van der Waals surface area contributed by atoms with Crippen LogP contribution in [-0.2, 0) is 14.3 Å². The second-order valence-electron chi connectivity index (χ2n) is 2.88. The molecule has 12 heavy (non-hydrogen) atoms. The first kappa shape index (κ1) is 7.72. The zero-order valence-corrected chi connectivity index (χ0v) is 6.19. The minimum Gasteiger partial charge on any atom is -0.450 e. The maximum Gasteiger partial charge on any atom is 0.339 e. The lowest BCUT2D eigenvalue weighted by molar-refractivity contribution is -0.168. The quantitative estimate of drug-likeness (QED) is 0.345. The smallest absolute Gasteiger partial charge is 0.339 e. The molecule has 0 aromatic carbocycles. The van der Waals surface area contributed by atoms with E-state index in [0.29, 0.717) is 0 Å². The van der Waals surface area contributed by atoms with Crippen LogP contribution in [0.3, 0.4) is 0 Å². The van der Waals surface area contributed by atoms with E-state index in [0.717, 1.165) is 0 Å². The molecule has 0 spiro atoms. The predicted molar refractivity (Wildman–Crippen MR) is 35.9 cm³/mol. The Labute approximate surface area is 68.2 Å². The Bertz CT molecular complexity index is 261. The van der Waals surface area contributed by atoms with Gasteiger partial charge in [0.2, 0.25) is 5.79 Å². The fraction of sp³-hybridized carbons (Fsp3) is 0.571. The number of rotatable bonds is 0. The van der Waals surface area contributed by atoms with Crippen LogP contribution in [0.2, 0.25) is 0 Å². The molecular weight excluding hydrogens is 164 g/mol. The van der Waals surface area contributed by atoms with Crippen molar-refractivity contribution in [1.82, 2.24) is 0 Å². The topological polar surface area (TPSA) is 76.0 Å². The molecule has 5 heteroatoms. The van der Waals surface area contributed by atoms with Crippen molar-refractivity contribution in [1.29, 1.82) is 0 Å². The first-order valence-electron chi connectivity index (χ1n) is 3.50. The molecule has 0 aromatic heterocycles. The summed E-state index contributed by atoms with van der Waals surface area (Å²) in [5.41, 5.74) is -0.149. The van der Waals surface area contributed by atoms with Crippen LogP contribution in [0, 0.1) is 0 Å². The molecule has 3 atom stereocenters. The molecule has 3 unspecified atom stereocenters. The van der Waals surface area contributed by atoms with Gasteiger partial charge in [0, 0.05) is 0 Å². The normalized spacial score (nSPS) is 46.2. The number of hydrogen-bond acceptors (Lipinski definition) is 5. The van der Waals surface area contributed by atoms with E-state index in [1.807, 2.05) is 0 Å². The van der Waals surface area contributed by atoms with Gasteiger partial charge in [0.15, 0.2) is 6.10 Å². The van der Waals surface area contributed by atoms with Gasteiger partial charge in [0.25, 0.3) is 0 Å². The van der Waals surface area contributed by atoms with Gasteiger partial charge < -0.3 is 19.7 Å². The summed E-state index contributed by atoms with van der Waals surface area (Å²) in [6.45, 7) is 3.28. The van der Waals surface area contributed by atoms with Crippen LogP contribution in [0.1, 0.15) is 0 Å². The van der Waals surface area contributed by atoms with Crippen molar-refractivity contribution in [2.75, 3.05) is 6.61 Å². The van der Waals surface area contributed by atoms with Crippen molar-refractivity contribution in [2.24, 2.45) is 0 Å². The molecule has 2 aliphatic heterocycles. The average Bonchev–Trinajstić information content (AvgIpc) is 2.42. The number of hydrogen-bond donors (Lipinski definition) is 2. The van der Waals surface area contributed by atoms with Gasteiger partial charge >= 0.3 is 5.97 Å². The number of esters is 1. The highest BCUT2D eigenvalue weighted by atomic mass is 16.7. The van der Waals surface area contributed by atoms with Crippen molar-refractivity contribution in [3.63, 3.8) is 0 Å². The molecule has 0 aliphatic carbocycles. The molecule has 66 valence electrons. The highest BCUT2D eigenvalue weighted by Crippen LogP contribution is 2.38. The van der Waals surface area contributed by atoms with Gasteiger partial charge in [-0.25, -0.2) is 4.79 Å². The van der Waals surface area contributed by atoms with Crippen LogP contribution in [-0.4, -0.2) is 40.8 Å². The van der Waals surface area contributed by atoms with Gasteiger partial charge in [0.05, 0.1) is 12.2 Å². The van der Waals surface area contributed by atoms with E-state index >= 15 is 0 Å². The Kier molecular flexibility index (Phi) is 1.33. The maximum atomic E-state index is 10.9. The highest BCUT2D eigenvalue weighted by molar-refractivity contribution is 5.92. The Morgan fingerprint density at radius 2 is 2.33 bits per heavy atom. The van der Waals surface area contributed by atoms with Crippen molar-refractivity contribution in [3.8, 4) is 0 Å². The Hall–Kier alpha value is -0.910. The van der Waals surface area contributed by atoms with Crippen LogP contribution in [0.4, 0.5) is 0 Å². The monoisotopic (exact) mass is 172 g/mol. The fourth-order valence-corrected chi connectivity index (χ4v) is 1.39. The summed E-state index contributed by atoms with van der Waals surface area (Å²) in [5.74, 6) is -2.53. The SMILES string of the molecule is C=C1C(=O)OC2C(O)COC12O. The molecule has 0 saturated carbocycles. The summed E-state index contributed by atoms with van der Waals surface area (Å²) in [6.07, 6.45) is -1.99. The lowest BCUT2D eigenvalue weighted by atomic mass is 10.0. The van der Waals surface area contributed by atoms with Gasteiger partial charge in [0.1, 0.15) is 6.10 Å². The molecule has 2 saturated heterocycles. The van der Waals surface area contributed by atoms with Crippen LogP contribution in [0.25, 0.3) is 0 Å². The Morgan fingerprint density at radius 1 is 1.67 bits per heavy atom. The maximum absolute atomic E-state index is 10.9. The van der Waals surface area contributed by atoms with E-state index in [1.54, 1.807) is 0 Å². The molecule has 5 nitrogen and oxygen atoms in total. The summed E-state index contributed by atoms with van der Waals surface area (Å²) in [7, 11) is 0. The molecule has 0 bridgehead atoms. The second-order valence-corrected chi connectivity index (χ2v) is 2.88. The van der Waals surface area contributed by atoms with E-state index in [4.69, 9.17) is 4.74 Å². The zero-order valence-electron chi connectivity index (χ0n) is 6.19. The van der Waals surface area contributed by atoms with Crippen LogP contribution in [0.5, 0.6) is 0 Å². The lowest BCUT2D eigenvalue weighted by Gasteiger charge is -2.18. The molecule has 0 radical (unpaired) electrons. The van der Waals surface area contributed by atoms with Gasteiger partial charge in [-0.3, -0.25) is 0 Å². The van der Waals surface area contributed by atoms with Crippen molar-refractivity contribution < 1.29 is 24.5 Å². The molecule has 0 amide bonds. The number of aliphatic hydroxyl groups is 2. The van der Waals surface area contributed by atoms with E-state index in [2.05, 4.69) is 11.3 Å². The van der Waals surface area contributed by atoms with Crippen LogP contribution < -0.4 is 0 Å². The third-order valence-corrected chi connectivity index (χ3v) is 2.12. The van der Waals surface area contributed by atoms with E-state index < -0.39 is 24.0 Å². The van der Waals surface area contributed by atoms with Gasteiger partial charge in [-0.05, 0) is 0 Å². The summed E-state index contributed by atoms with van der Waals surface area (Å²) in [4.78, 5) is 10.9. The Balaban J connectivity index is 2.38. The number of carbonyl (C=O) groups excluding carboxylic acids is 1. The summed E-state index contributed by atoms with van der Waals surface area (Å²) in [5, 5.41) is 18.8. The fourth-order valence-electron chi connectivity index (χ4n) is 1.39. The number of fused-ring (bicyclic) bond motifs is 1. The van der Waals surface area contributed by atoms with Crippen LogP contribution >= 0.6 is 0 Å². The predicted octanol–water partition coefficient (Wildman–Crippen LogP) is -1.45. The number of aliphatic hydroxyl groups excluding tert-OH is 1. The summed E-state index contributed by atoms with van der Waals surface area (Å²) < 4.78 is 9.47. The third kappa shape index (κ3) is 0.703. The first-order chi connectivity index (χ1) is 5.55. The molecule has 2 rings (SSSR count). The van der Waals surface area contributed by atoms with Gasteiger partial charge in [-0.2, -0.15) is 0 Å². The minimum absolute atomic E-state index is 0.0481. The highest BCUT2D eigenvalue weighted by Gasteiger charge is 2.60. The zero-order chi connectivity index (χ0) is 8.93. The summed E-state index contributed by atoms with van der Waals surface area (Å²) in [6, 6.07) is 0. The van der Waals surface area contributed by atoms with Gasteiger partial charge in [-0.15, -0.1) is 0 Å². The molecule has 2 fully saturated rings. The van der Waals surface area contributed by atoms with Gasteiger partial charge in [-0.1, -0.05) is 6.58 Å². The van der Waals surface area contributed by atoms with Crippen molar-refractivity contribution in [3.05, 3.63) is 12.2 Å². The first-order valence-corrected chi connectivity index (χ1v) is 3.50. The lowest BCUT2D eigenvalue weighted by Crippen LogP contribution is -2.39. The van der Waals surface area contributed by atoms with E-state index in [1.165, 1.54) is 0 Å². The second kappa shape index (κ2) is 2.07. The Morgan fingerprint density at radius 3 is 2.92 bits per heavy atom. The molecular formula is C7H8O5. The number of ether oxygens (including phenoxy) is 2. The molecule has 2 heterocycles. The largest absolute Gasteiger partial charge is 0.450 e. The van der Waals surface area contributed by atoms with Crippen molar-refractivity contribution in [2.45, 2.75) is 18.0 Å². The third-order valence-electron chi connectivity index (χ3n) is 2.12. The standard InChI is InChI=1S/C7H8O5/c1-3-6(9)12-5-4(8)2-11-7(3,5)10/h4-5,8,10H,1-2H2. The molecule has 2 N–H and O–H groups in total. The molecule has 0 aromatic rings. The average molecular weight is 172 g/mol. The van der Waals surface area contributed by atoms with Crippen LogP contribution in [0.15, 0.2) is 12.2 Å². The van der Waals surface area contributed by atoms with Crippen molar-refractivity contribution >= 4 is 5.97 Å². The van der Waals surface area contributed by atoms with E-state index in [-0.39, 0.29) is 12.2 Å². The number of carbonyl (C=O) groups is 1. The minimum atomic E-state index is -1.81. The molecule has 2 aliphatic rings. The summed E-state index contributed by atoms with van der Waals surface area (Å²) >= 11 is 0.